The van der Waals surface area contributed by atoms with E-state index in [-0.39, 0.29) is 0 Å². The van der Waals surface area contributed by atoms with Gasteiger partial charge in [-0.05, 0) is 35.4 Å². The highest BCUT2D eigenvalue weighted by atomic mass is 32.1. The van der Waals surface area contributed by atoms with Gasteiger partial charge in [-0.2, -0.15) is 0 Å². The Morgan fingerprint density at radius 1 is 1.23 bits per heavy atom. The molecule has 0 atom stereocenters. The Morgan fingerprint density at radius 2 is 2.00 bits per heavy atom. The van der Waals surface area contributed by atoms with Gasteiger partial charge in [0.2, 0.25) is 0 Å². The fourth-order valence-corrected chi connectivity index (χ4v) is 3.16. The Kier molecular flexibility index (Phi) is 2.49. The molecular weight excluding hydrogens is 198 g/mol. The van der Waals surface area contributed by atoms with Crippen LogP contribution >= 0.6 is 22.7 Å². The molecule has 0 unspecified atom stereocenters. The first kappa shape index (κ1) is 8.94. The quantitative estimate of drug-likeness (QED) is 0.807. The topological polar surface area (TPSA) is 26.0 Å². The Hall–Kier alpha value is -0.640. The van der Waals surface area contributed by atoms with Crippen molar-refractivity contribution in [1.29, 1.82) is 0 Å². The molecule has 1 nitrogen and oxygen atoms in total. The van der Waals surface area contributed by atoms with Crippen LogP contribution in [0.4, 0.5) is 0 Å². The molecule has 2 aromatic rings. The van der Waals surface area contributed by atoms with E-state index in [0.717, 1.165) is 0 Å². The first-order valence-electron chi connectivity index (χ1n) is 4.14. The maximum atomic E-state index is 5.67. The first-order chi connectivity index (χ1) is 6.33. The van der Waals surface area contributed by atoms with Gasteiger partial charge < -0.3 is 5.73 Å². The van der Waals surface area contributed by atoms with E-state index in [2.05, 4.69) is 29.8 Å². The fourth-order valence-electron chi connectivity index (χ4n) is 1.35. The van der Waals surface area contributed by atoms with E-state index in [1.807, 2.05) is 0 Å². The predicted molar refractivity (Wildman–Crippen MR) is 60.3 cm³/mol. The number of rotatable bonds is 2. The molecule has 0 amide bonds. The van der Waals surface area contributed by atoms with Crippen molar-refractivity contribution in [3.05, 3.63) is 33.3 Å². The maximum absolute atomic E-state index is 5.67. The Labute approximate surface area is 85.8 Å². The average Bonchev–Trinajstić information content (AvgIpc) is 2.71. The van der Waals surface area contributed by atoms with Crippen molar-refractivity contribution >= 4 is 22.7 Å². The highest BCUT2D eigenvalue weighted by Gasteiger charge is 2.08. The third kappa shape index (κ3) is 1.55. The van der Waals surface area contributed by atoms with Gasteiger partial charge in [0.25, 0.3) is 0 Å². The van der Waals surface area contributed by atoms with Gasteiger partial charge in [0.05, 0.1) is 0 Å². The van der Waals surface area contributed by atoms with Crippen LogP contribution in [-0.2, 0) is 6.54 Å². The van der Waals surface area contributed by atoms with E-state index in [0.29, 0.717) is 6.54 Å². The fraction of sp³-hybridized carbons (Fsp3) is 0.200. The monoisotopic (exact) mass is 209 g/mol. The second-order valence-corrected chi connectivity index (χ2v) is 4.81. The van der Waals surface area contributed by atoms with Gasteiger partial charge in [-0.3, -0.25) is 0 Å². The molecule has 0 aromatic carbocycles. The third-order valence-electron chi connectivity index (χ3n) is 2.04. The van der Waals surface area contributed by atoms with Crippen LogP contribution in [0.2, 0.25) is 0 Å². The maximum Gasteiger partial charge on any atom is 0.0383 e. The number of hydrogen-bond acceptors (Lipinski definition) is 3. The summed E-state index contributed by atoms with van der Waals surface area (Å²) in [5.41, 5.74) is 8.33. The lowest BCUT2D eigenvalue weighted by atomic mass is 10.1. The SMILES string of the molecule is Cc1ccsc1-c1ccsc1CN. The van der Waals surface area contributed by atoms with Gasteiger partial charge in [-0.25, -0.2) is 0 Å². The van der Waals surface area contributed by atoms with Crippen LogP contribution in [-0.4, -0.2) is 0 Å². The lowest BCUT2D eigenvalue weighted by Crippen LogP contribution is -1.94. The molecule has 0 spiro atoms. The smallest absolute Gasteiger partial charge is 0.0383 e. The molecule has 2 aromatic heterocycles. The lowest BCUT2D eigenvalue weighted by Gasteiger charge is -1.99. The number of nitrogens with two attached hydrogens (primary N) is 1. The van der Waals surface area contributed by atoms with Crippen LogP contribution in [0.15, 0.2) is 22.9 Å². The Bertz CT molecular complexity index is 400. The van der Waals surface area contributed by atoms with Crippen molar-refractivity contribution in [1.82, 2.24) is 0 Å². The second-order valence-electron chi connectivity index (χ2n) is 2.89. The highest BCUT2D eigenvalue weighted by molar-refractivity contribution is 7.15. The lowest BCUT2D eigenvalue weighted by molar-refractivity contribution is 1.11. The molecule has 68 valence electrons. The van der Waals surface area contributed by atoms with Crippen molar-refractivity contribution in [2.24, 2.45) is 5.73 Å². The van der Waals surface area contributed by atoms with Crippen molar-refractivity contribution in [3.63, 3.8) is 0 Å². The predicted octanol–water partition coefficient (Wildman–Crippen LogP) is 3.24. The van der Waals surface area contributed by atoms with Gasteiger partial charge in [0.1, 0.15) is 0 Å². The van der Waals surface area contributed by atoms with Crippen LogP contribution in [0.1, 0.15) is 10.4 Å². The van der Waals surface area contributed by atoms with Gasteiger partial charge >= 0.3 is 0 Å². The van der Waals surface area contributed by atoms with E-state index >= 15 is 0 Å². The van der Waals surface area contributed by atoms with Gasteiger partial charge in [-0.1, -0.05) is 0 Å². The number of aryl methyl sites for hydroxylation is 1. The van der Waals surface area contributed by atoms with E-state index in [1.165, 1.54) is 20.9 Å². The average molecular weight is 209 g/mol. The highest BCUT2D eigenvalue weighted by Crippen LogP contribution is 2.34. The molecule has 0 saturated heterocycles. The van der Waals surface area contributed by atoms with Gasteiger partial charge in [0, 0.05) is 21.9 Å². The molecule has 2 N–H and O–H groups in total. The molecule has 0 aliphatic rings. The summed E-state index contributed by atoms with van der Waals surface area (Å²) in [6.45, 7) is 2.79. The first-order valence-corrected chi connectivity index (χ1v) is 5.89. The van der Waals surface area contributed by atoms with E-state index < -0.39 is 0 Å². The molecule has 2 rings (SSSR count). The number of thiophene rings is 2. The standard InChI is InChI=1S/C10H11NS2/c1-7-2-4-13-10(7)8-3-5-12-9(8)6-11/h2-5H,6,11H2,1H3. The Morgan fingerprint density at radius 3 is 2.62 bits per heavy atom. The zero-order valence-corrected chi connectivity index (χ0v) is 9.04. The van der Waals surface area contributed by atoms with Crippen LogP contribution in [0.3, 0.4) is 0 Å². The van der Waals surface area contributed by atoms with Crippen molar-refractivity contribution in [2.75, 3.05) is 0 Å². The van der Waals surface area contributed by atoms with E-state index in [9.17, 15) is 0 Å². The Balaban J connectivity index is 2.52. The summed E-state index contributed by atoms with van der Waals surface area (Å²) in [6, 6.07) is 4.31. The van der Waals surface area contributed by atoms with Gasteiger partial charge in [-0.15, -0.1) is 22.7 Å². The molecular formula is C10H11NS2. The van der Waals surface area contributed by atoms with Crippen LogP contribution in [0.5, 0.6) is 0 Å². The normalized spacial score (nSPS) is 10.6. The summed E-state index contributed by atoms with van der Waals surface area (Å²) in [5.74, 6) is 0. The second kappa shape index (κ2) is 3.62. The van der Waals surface area contributed by atoms with Crippen molar-refractivity contribution in [3.8, 4) is 10.4 Å². The zero-order valence-electron chi connectivity index (χ0n) is 7.41. The molecule has 13 heavy (non-hydrogen) atoms. The molecule has 0 saturated carbocycles. The minimum absolute atomic E-state index is 0.643. The molecule has 0 bridgehead atoms. The molecule has 2 heterocycles. The van der Waals surface area contributed by atoms with Gasteiger partial charge in [0.15, 0.2) is 0 Å². The van der Waals surface area contributed by atoms with Crippen LogP contribution in [0.25, 0.3) is 10.4 Å². The molecule has 3 heteroatoms. The van der Waals surface area contributed by atoms with Crippen molar-refractivity contribution in [2.45, 2.75) is 13.5 Å². The van der Waals surface area contributed by atoms with Crippen LogP contribution in [0, 0.1) is 6.92 Å². The summed E-state index contributed by atoms with van der Waals surface area (Å²) in [5, 5.41) is 4.24. The summed E-state index contributed by atoms with van der Waals surface area (Å²) in [6.07, 6.45) is 0. The summed E-state index contributed by atoms with van der Waals surface area (Å²) < 4.78 is 0. The molecule has 0 fully saturated rings. The molecule has 0 aliphatic heterocycles. The zero-order chi connectivity index (χ0) is 9.26. The van der Waals surface area contributed by atoms with Crippen LogP contribution < -0.4 is 5.73 Å². The van der Waals surface area contributed by atoms with E-state index in [4.69, 9.17) is 5.73 Å². The number of hydrogen-bond donors (Lipinski definition) is 1. The minimum Gasteiger partial charge on any atom is -0.326 e. The summed E-state index contributed by atoms with van der Waals surface area (Å²) >= 11 is 3.53. The summed E-state index contributed by atoms with van der Waals surface area (Å²) in [7, 11) is 0. The van der Waals surface area contributed by atoms with Crippen molar-refractivity contribution < 1.29 is 0 Å². The molecule has 0 aliphatic carbocycles. The third-order valence-corrected chi connectivity index (χ3v) is 4.03. The minimum atomic E-state index is 0.643. The summed E-state index contributed by atoms with van der Waals surface area (Å²) in [4.78, 5) is 2.65. The molecule has 0 radical (unpaired) electrons. The largest absolute Gasteiger partial charge is 0.326 e. The van der Waals surface area contributed by atoms with E-state index in [1.54, 1.807) is 22.7 Å².